The zero-order valence-electron chi connectivity index (χ0n) is 23.4. The highest BCUT2D eigenvalue weighted by Crippen LogP contribution is 2.49. The van der Waals surface area contributed by atoms with Crippen LogP contribution in [-0.4, -0.2) is 18.4 Å². The molecule has 0 aliphatic heterocycles. The highest BCUT2D eigenvalue weighted by atomic mass is 28.4. The minimum absolute atomic E-state index is 0.00507. The normalized spacial score (nSPS) is 19.4. The SMILES string of the molecule is Cc1c2c(nc(C(C)C)c1C(O)c1cccc(C(F)(F)F)c1)CC(C)(C)CC2O[Si](C)(C)C(C)(C)C. The third-order valence-electron chi connectivity index (χ3n) is 7.95. The van der Waals surface area contributed by atoms with Crippen LogP contribution in [0.4, 0.5) is 13.2 Å². The first kappa shape index (κ1) is 28.9. The molecule has 1 aliphatic rings. The van der Waals surface area contributed by atoms with Crippen molar-refractivity contribution in [2.75, 3.05) is 0 Å². The second-order valence-corrected chi connectivity index (χ2v) is 17.7. The van der Waals surface area contributed by atoms with Crippen LogP contribution in [0.5, 0.6) is 0 Å². The van der Waals surface area contributed by atoms with Gasteiger partial charge >= 0.3 is 6.18 Å². The second-order valence-electron chi connectivity index (χ2n) is 13.0. The summed E-state index contributed by atoms with van der Waals surface area (Å²) in [4.78, 5) is 5.08. The number of fused-ring (bicyclic) bond motifs is 1. The summed E-state index contributed by atoms with van der Waals surface area (Å²) in [5, 5.41) is 11.5. The molecule has 1 aromatic heterocycles. The van der Waals surface area contributed by atoms with Crippen LogP contribution in [0.25, 0.3) is 0 Å². The molecule has 0 amide bonds. The van der Waals surface area contributed by atoms with Crippen molar-refractivity contribution in [3.05, 3.63) is 63.5 Å². The zero-order valence-corrected chi connectivity index (χ0v) is 24.4. The van der Waals surface area contributed by atoms with Crippen LogP contribution in [0.2, 0.25) is 18.1 Å². The van der Waals surface area contributed by atoms with Crippen LogP contribution in [0.15, 0.2) is 24.3 Å². The Bertz CT molecular complexity index is 1120. The van der Waals surface area contributed by atoms with Crippen molar-refractivity contribution >= 4 is 8.32 Å². The van der Waals surface area contributed by atoms with Gasteiger partial charge in [0, 0.05) is 22.5 Å². The van der Waals surface area contributed by atoms with E-state index in [9.17, 15) is 18.3 Å². The lowest BCUT2D eigenvalue weighted by molar-refractivity contribution is -0.137. The molecule has 3 rings (SSSR count). The van der Waals surface area contributed by atoms with Gasteiger partial charge in [-0.1, -0.05) is 60.6 Å². The van der Waals surface area contributed by atoms with E-state index in [4.69, 9.17) is 9.41 Å². The van der Waals surface area contributed by atoms with Crippen molar-refractivity contribution in [2.45, 2.75) is 111 Å². The third kappa shape index (κ3) is 5.73. The molecule has 1 heterocycles. The van der Waals surface area contributed by atoms with Crippen LogP contribution in [0, 0.1) is 12.3 Å². The van der Waals surface area contributed by atoms with Crippen LogP contribution in [-0.2, 0) is 17.0 Å². The van der Waals surface area contributed by atoms with Crippen molar-refractivity contribution in [1.82, 2.24) is 4.98 Å². The summed E-state index contributed by atoms with van der Waals surface area (Å²) >= 11 is 0. The average molecular weight is 522 g/mol. The minimum atomic E-state index is -4.48. The van der Waals surface area contributed by atoms with E-state index in [1.807, 2.05) is 20.8 Å². The molecule has 200 valence electrons. The number of benzene rings is 1. The molecule has 1 N–H and O–H groups in total. The van der Waals surface area contributed by atoms with Gasteiger partial charge in [-0.05, 0) is 72.5 Å². The quantitative estimate of drug-likeness (QED) is 0.400. The summed E-state index contributed by atoms with van der Waals surface area (Å²) < 4.78 is 47.2. The Labute approximate surface area is 215 Å². The van der Waals surface area contributed by atoms with E-state index in [-0.39, 0.29) is 28.0 Å². The lowest BCUT2D eigenvalue weighted by atomic mass is 9.72. The first-order chi connectivity index (χ1) is 16.2. The number of aliphatic hydroxyl groups excluding tert-OH is 1. The van der Waals surface area contributed by atoms with Gasteiger partial charge in [0.05, 0.1) is 11.7 Å². The maximum atomic E-state index is 13.4. The van der Waals surface area contributed by atoms with Gasteiger partial charge in [0.1, 0.15) is 6.10 Å². The monoisotopic (exact) mass is 521 g/mol. The van der Waals surface area contributed by atoms with E-state index in [1.165, 1.54) is 6.07 Å². The van der Waals surface area contributed by atoms with Gasteiger partial charge in [0.25, 0.3) is 0 Å². The summed E-state index contributed by atoms with van der Waals surface area (Å²) in [6.45, 7) is 21.6. The summed E-state index contributed by atoms with van der Waals surface area (Å²) in [6, 6.07) is 4.97. The van der Waals surface area contributed by atoms with E-state index in [0.29, 0.717) is 5.56 Å². The molecule has 1 aliphatic carbocycles. The van der Waals surface area contributed by atoms with Crippen LogP contribution in [0.3, 0.4) is 0 Å². The molecule has 0 saturated heterocycles. The van der Waals surface area contributed by atoms with Gasteiger partial charge in [-0.2, -0.15) is 13.2 Å². The number of halogens is 3. The van der Waals surface area contributed by atoms with Crippen molar-refractivity contribution in [1.29, 1.82) is 0 Å². The van der Waals surface area contributed by atoms with E-state index < -0.39 is 26.2 Å². The van der Waals surface area contributed by atoms with Gasteiger partial charge in [0.2, 0.25) is 0 Å². The minimum Gasteiger partial charge on any atom is -0.410 e. The predicted molar refractivity (Wildman–Crippen MR) is 142 cm³/mol. The van der Waals surface area contributed by atoms with Gasteiger partial charge in [-0.3, -0.25) is 4.98 Å². The Balaban J connectivity index is 2.22. The summed E-state index contributed by atoms with van der Waals surface area (Å²) in [7, 11) is -2.13. The number of aromatic nitrogens is 1. The average Bonchev–Trinajstić information content (AvgIpc) is 2.70. The fraction of sp³-hybridized carbons (Fsp3) is 0.621. The lowest BCUT2D eigenvalue weighted by Crippen LogP contribution is -2.44. The number of hydrogen-bond acceptors (Lipinski definition) is 3. The van der Waals surface area contributed by atoms with E-state index in [1.54, 1.807) is 6.07 Å². The number of aliphatic hydroxyl groups is 1. The zero-order chi connectivity index (χ0) is 27.4. The summed E-state index contributed by atoms with van der Waals surface area (Å²) in [6.07, 6.45) is -4.25. The molecule has 1 aromatic carbocycles. The number of rotatable bonds is 5. The number of pyridine rings is 1. The molecular weight excluding hydrogens is 479 g/mol. The Morgan fingerprint density at radius 2 is 1.75 bits per heavy atom. The van der Waals surface area contributed by atoms with Gasteiger partial charge < -0.3 is 9.53 Å². The van der Waals surface area contributed by atoms with Crippen molar-refractivity contribution < 1.29 is 22.7 Å². The molecule has 0 saturated carbocycles. The summed E-state index contributed by atoms with van der Waals surface area (Å²) in [5.74, 6) is -0.00533. The number of nitrogens with zero attached hydrogens (tertiary/aromatic N) is 1. The molecule has 0 fully saturated rings. The van der Waals surface area contributed by atoms with Crippen molar-refractivity contribution in [2.24, 2.45) is 5.41 Å². The fourth-order valence-electron chi connectivity index (χ4n) is 4.98. The van der Waals surface area contributed by atoms with Crippen molar-refractivity contribution in [3.63, 3.8) is 0 Å². The molecule has 2 atom stereocenters. The van der Waals surface area contributed by atoms with Gasteiger partial charge in [-0.15, -0.1) is 0 Å². The van der Waals surface area contributed by atoms with Crippen LogP contribution >= 0.6 is 0 Å². The topological polar surface area (TPSA) is 42.4 Å². The van der Waals surface area contributed by atoms with Crippen LogP contribution in [0.1, 0.15) is 112 Å². The molecule has 0 bridgehead atoms. The van der Waals surface area contributed by atoms with Crippen molar-refractivity contribution in [3.8, 4) is 0 Å². The molecule has 2 unspecified atom stereocenters. The molecule has 3 nitrogen and oxygen atoms in total. The maximum Gasteiger partial charge on any atom is 0.416 e. The molecule has 0 spiro atoms. The Hall–Kier alpha value is -1.70. The molecule has 2 aromatic rings. The van der Waals surface area contributed by atoms with Gasteiger partial charge in [-0.25, -0.2) is 0 Å². The molecule has 0 radical (unpaired) electrons. The van der Waals surface area contributed by atoms with E-state index >= 15 is 0 Å². The smallest absolute Gasteiger partial charge is 0.410 e. The molecular formula is C29H42F3NO2Si. The largest absolute Gasteiger partial charge is 0.416 e. The van der Waals surface area contributed by atoms with E-state index in [0.717, 1.165) is 47.5 Å². The highest BCUT2D eigenvalue weighted by Gasteiger charge is 2.44. The van der Waals surface area contributed by atoms with Crippen LogP contribution < -0.4 is 0 Å². The Kier molecular flexibility index (Phi) is 7.66. The van der Waals surface area contributed by atoms with Gasteiger partial charge in [0.15, 0.2) is 8.32 Å². The third-order valence-corrected chi connectivity index (χ3v) is 12.4. The Morgan fingerprint density at radius 3 is 2.28 bits per heavy atom. The maximum absolute atomic E-state index is 13.4. The number of hydrogen-bond donors (Lipinski definition) is 1. The number of alkyl halides is 3. The predicted octanol–water partition coefficient (Wildman–Crippen LogP) is 8.65. The standard InChI is InChI=1S/C29H42F3NO2Si/c1-17(2)25-24(26(34)19-12-11-13-20(14-19)29(30,31)32)18(3)23-21(33-25)15-28(7,8)16-22(23)35-36(9,10)27(4,5)6/h11-14,17,22,26,34H,15-16H2,1-10H3. The van der Waals surface area contributed by atoms with E-state index in [2.05, 4.69) is 47.7 Å². The molecule has 7 heteroatoms. The fourth-order valence-corrected chi connectivity index (χ4v) is 6.25. The first-order valence-corrected chi connectivity index (χ1v) is 15.7. The second kappa shape index (κ2) is 9.55. The Morgan fingerprint density at radius 1 is 1.14 bits per heavy atom. The summed E-state index contributed by atoms with van der Waals surface area (Å²) in [5.41, 5.74) is 3.65. The lowest BCUT2D eigenvalue weighted by Gasteiger charge is -2.45. The molecule has 36 heavy (non-hydrogen) atoms. The highest BCUT2D eigenvalue weighted by molar-refractivity contribution is 6.74. The first-order valence-electron chi connectivity index (χ1n) is 12.8.